The Kier molecular flexibility index (Phi) is 3.67. The van der Waals surface area contributed by atoms with Crippen LogP contribution in [0.3, 0.4) is 0 Å². The van der Waals surface area contributed by atoms with Gasteiger partial charge in [-0.15, -0.1) is 0 Å². The predicted octanol–water partition coefficient (Wildman–Crippen LogP) is 0.240. The minimum absolute atomic E-state index is 0.0282. The first-order chi connectivity index (χ1) is 10.8. The molecule has 0 unspecified atom stereocenters. The zero-order valence-electron chi connectivity index (χ0n) is 12.4. The highest BCUT2D eigenvalue weighted by Crippen LogP contribution is 2.49. The molecule has 0 aromatic heterocycles. The van der Waals surface area contributed by atoms with E-state index in [1.165, 1.54) is 12.1 Å². The van der Waals surface area contributed by atoms with Gasteiger partial charge in [-0.2, -0.15) is 8.42 Å². The molecule has 3 rings (SSSR count). The van der Waals surface area contributed by atoms with Crippen molar-refractivity contribution in [2.75, 3.05) is 17.5 Å². The average Bonchev–Trinajstić information content (AvgIpc) is 3.20. The monoisotopic (exact) mass is 340 g/mol. The fourth-order valence-corrected chi connectivity index (χ4v) is 3.88. The molecular formula is C14H16N2O6S. The minimum atomic E-state index is -3.96. The van der Waals surface area contributed by atoms with Crippen molar-refractivity contribution in [3.8, 4) is 5.75 Å². The SMILES string of the molecule is CCOC(=O)[C@@H]1C[C@@H]1c1ccc(N2CC(=O)NS2(=O)=O)c(O)c1. The standard InChI is InChI=1S/C14H16N2O6S/c1-2-22-14(19)10-6-9(10)8-3-4-11(12(17)5-8)16-7-13(18)15-23(16,20)21/h3-5,9-10,17H,2,6-7H2,1H3,(H,15,18)/t9-,10-/m1/s1. The number of hydrogen-bond donors (Lipinski definition) is 2. The normalized spacial score (nSPS) is 25.1. The number of nitrogens with zero attached hydrogens (tertiary/aromatic N) is 1. The topological polar surface area (TPSA) is 113 Å². The van der Waals surface area contributed by atoms with Gasteiger partial charge >= 0.3 is 16.2 Å². The molecule has 2 N–H and O–H groups in total. The third-order valence-corrected chi connectivity index (χ3v) is 5.29. The average molecular weight is 340 g/mol. The molecule has 1 heterocycles. The van der Waals surface area contributed by atoms with E-state index in [1.54, 1.807) is 13.0 Å². The van der Waals surface area contributed by atoms with Crippen LogP contribution in [0.5, 0.6) is 5.75 Å². The van der Waals surface area contributed by atoms with E-state index in [0.717, 1.165) is 9.87 Å². The van der Waals surface area contributed by atoms with E-state index in [1.807, 2.05) is 4.72 Å². The van der Waals surface area contributed by atoms with Gasteiger partial charge in [-0.1, -0.05) is 6.07 Å². The molecule has 1 saturated heterocycles. The van der Waals surface area contributed by atoms with Gasteiger partial charge in [-0.3, -0.25) is 9.59 Å². The van der Waals surface area contributed by atoms with E-state index in [9.17, 15) is 23.1 Å². The molecule has 2 fully saturated rings. The van der Waals surface area contributed by atoms with Crippen LogP contribution in [0.1, 0.15) is 24.8 Å². The Bertz CT molecular complexity index is 775. The van der Waals surface area contributed by atoms with Crippen molar-refractivity contribution in [3.63, 3.8) is 0 Å². The van der Waals surface area contributed by atoms with Crippen LogP contribution in [0.25, 0.3) is 0 Å². The van der Waals surface area contributed by atoms with Crippen LogP contribution >= 0.6 is 0 Å². The Hall–Kier alpha value is -2.29. The van der Waals surface area contributed by atoms with Crippen LogP contribution < -0.4 is 9.03 Å². The molecule has 1 aromatic carbocycles. The number of hydrogen-bond acceptors (Lipinski definition) is 6. The summed E-state index contributed by atoms with van der Waals surface area (Å²) in [7, 11) is -3.96. The number of amides is 1. The van der Waals surface area contributed by atoms with Crippen molar-refractivity contribution in [3.05, 3.63) is 23.8 Å². The molecule has 23 heavy (non-hydrogen) atoms. The lowest BCUT2D eigenvalue weighted by Gasteiger charge is -2.16. The van der Waals surface area contributed by atoms with Gasteiger partial charge in [0.15, 0.2) is 0 Å². The summed E-state index contributed by atoms with van der Waals surface area (Å²) in [5, 5.41) is 10.1. The number of esters is 1. The number of anilines is 1. The lowest BCUT2D eigenvalue weighted by atomic mass is 10.1. The number of nitrogens with one attached hydrogen (secondary N) is 1. The fourth-order valence-electron chi connectivity index (χ4n) is 2.72. The van der Waals surface area contributed by atoms with Crippen molar-refractivity contribution >= 4 is 27.8 Å². The molecule has 1 amide bonds. The number of rotatable bonds is 4. The van der Waals surface area contributed by atoms with E-state index in [2.05, 4.69) is 0 Å². The summed E-state index contributed by atoms with van der Waals surface area (Å²) >= 11 is 0. The third-order valence-electron chi connectivity index (χ3n) is 3.90. The van der Waals surface area contributed by atoms with E-state index in [0.29, 0.717) is 13.0 Å². The maximum Gasteiger partial charge on any atom is 0.326 e. The number of ether oxygens (including phenoxy) is 1. The summed E-state index contributed by atoms with van der Waals surface area (Å²) in [6.45, 7) is 1.69. The number of phenols is 1. The molecule has 8 nitrogen and oxygen atoms in total. The minimum Gasteiger partial charge on any atom is -0.506 e. The highest BCUT2D eigenvalue weighted by atomic mass is 32.2. The van der Waals surface area contributed by atoms with Gasteiger partial charge in [0.05, 0.1) is 18.2 Å². The molecule has 0 spiro atoms. The highest BCUT2D eigenvalue weighted by molar-refractivity contribution is 7.92. The second kappa shape index (κ2) is 5.41. The lowest BCUT2D eigenvalue weighted by Crippen LogP contribution is -2.29. The second-order valence-corrected chi connectivity index (χ2v) is 7.08. The van der Waals surface area contributed by atoms with Crippen LogP contribution in [-0.2, 0) is 24.5 Å². The van der Waals surface area contributed by atoms with Gasteiger partial charge in [-0.05, 0) is 37.0 Å². The third kappa shape index (κ3) is 2.83. The van der Waals surface area contributed by atoms with Gasteiger partial charge in [0, 0.05) is 0 Å². The molecule has 0 radical (unpaired) electrons. The van der Waals surface area contributed by atoms with E-state index < -0.39 is 16.1 Å². The van der Waals surface area contributed by atoms with Crippen LogP contribution in [0.2, 0.25) is 0 Å². The maximum atomic E-state index is 11.8. The van der Waals surface area contributed by atoms with Crippen molar-refractivity contribution in [1.82, 2.24) is 4.72 Å². The van der Waals surface area contributed by atoms with Crippen LogP contribution in [0.15, 0.2) is 18.2 Å². The number of aromatic hydroxyl groups is 1. The molecular weight excluding hydrogens is 324 g/mol. The summed E-state index contributed by atoms with van der Waals surface area (Å²) in [4.78, 5) is 22.9. The molecule has 1 saturated carbocycles. The van der Waals surface area contributed by atoms with Crippen molar-refractivity contribution in [2.24, 2.45) is 5.92 Å². The second-order valence-electron chi connectivity index (χ2n) is 5.49. The molecule has 2 atom stereocenters. The molecule has 1 aliphatic heterocycles. The Morgan fingerprint density at radius 1 is 1.48 bits per heavy atom. The molecule has 2 aliphatic rings. The van der Waals surface area contributed by atoms with Crippen molar-refractivity contribution in [2.45, 2.75) is 19.3 Å². The molecule has 0 bridgehead atoms. The molecule has 124 valence electrons. The van der Waals surface area contributed by atoms with E-state index >= 15 is 0 Å². The highest BCUT2D eigenvalue weighted by Gasteiger charge is 2.45. The zero-order valence-corrected chi connectivity index (χ0v) is 13.2. The zero-order chi connectivity index (χ0) is 16.8. The largest absolute Gasteiger partial charge is 0.506 e. The first kappa shape index (κ1) is 15.6. The Morgan fingerprint density at radius 3 is 2.78 bits per heavy atom. The Labute approximate surface area is 133 Å². The summed E-state index contributed by atoms with van der Waals surface area (Å²) in [5.41, 5.74) is 0.764. The van der Waals surface area contributed by atoms with Crippen molar-refractivity contribution < 1.29 is 27.9 Å². The number of carbonyl (C=O) groups is 2. The van der Waals surface area contributed by atoms with Crippen molar-refractivity contribution in [1.29, 1.82) is 0 Å². The number of phenolic OH excluding ortho intramolecular Hbond substituents is 1. The summed E-state index contributed by atoms with van der Waals surface area (Å²) in [6.07, 6.45) is 0.639. The predicted molar refractivity (Wildman–Crippen MR) is 80.0 cm³/mol. The van der Waals surface area contributed by atoms with Crippen LogP contribution in [0, 0.1) is 5.92 Å². The summed E-state index contributed by atoms with van der Waals surface area (Å²) in [5.74, 6) is -1.43. The van der Waals surface area contributed by atoms with Gasteiger partial charge in [0.2, 0.25) is 0 Å². The molecule has 9 heteroatoms. The van der Waals surface area contributed by atoms with Gasteiger partial charge in [0.25, 0.3) is 5.91 Å². The maximum absolute atomic E-state index is 11.8. The quantitative estimate of drug-likeness (QED) is 0.759. The number of carbonyl (C=O) groups excluding carboxylic acids is 2. The number of benzene rings is 1. The van der Waals surface area contributed by atoms with Crippen LogP contribution in [-0.4, -0.2) is 38.6 Å². The first-order valence-corrected chi connectivity index (χ1v) is 8.60. The van der Waals surface area contributed by atoms with Crippen LogP contribution in [0.4, 0.5) is 5.69 Å². The Balaban J connectivity index is 1.80. The first-order valence-electron chi connectivity index (χ1n) is 7.16. The Morgan fingerprint density at radius 2 is 2.22 bits per heavy atom. The van der Waals surface area contributed by atoms with E-state index in [-0.39, 0.29) is 35.8 Å². The van der Waals surface area contributed by atoms with Gasteiger partial charge < -0.3 is 9.84 Å². The summed E-state index contributed by atoms with van der Waals surface area (Å²) < 4.78 is 31.2. The van der Waals surface area contributed by atoms with Gasteiger partial charge in [-0.25, -0.2) is 9.03 Å². The molecule has 1 aliphatic carbocycles. The fraction of sp³-hybridized carbons (Fsp3) is 0.429. The van der Waals surface area contributed by atoms with E-state index in [4.69, 9.17) is 4.74 Å². The van der Waals surface area contributed by atoms with Gasteiger partial charge in [0.1, 0.15) is 12.3 Å². The molecule has 1 aromatic rings. The summed E-state index contributed by atoms with van der Waals surface area (Å²) in [6, 6.07) is 4.51. The smallest absolute Gasteiger partial charge is 0.326 e. The lowest BCUT2D eigenvalue weighted by molar-refractivity contribution is -0.144.